The van der Waals surface area contributed by atoms with E-state index in [0.717, 1.165) is 28.8 Å². The fraction of sp³-hybridized carbons (Fsp3) is 0.350. The average Bonchev–Trinajstić information content (AvgIpc) is 3.03. The van der Waals surface area contributed by atoms with Crippen molar-refractivity contribution in [2.24, 2.45) is 0 Å². The lowest BCUT2D eigenvalue weighted by atomic mass is 10.1. The Labute approximate surface area is 155 Å². The van der Waals surface area contributed by atoms with E-state index < -0.39 is 10.0 Å². The summed E-state index contributed by atoms with van der Waals surface area (Å²) in [6, 6.07) is 12.6. The van der Waals surface area contributed by atoms with Crippen molar-refractivity contribution < 1.29 is 13.2 Å². The molecule has 0 spiro atoms. The first-order valence-corrected chi connectivity index (χ1v) is 10.2. The van der Waals surface area contributed by atoms with Gasteiger partial charge in [-0.05, 0) is 55.7 Å². The molecule has 138 valence electrons. The summed E-state index contributed by atoms with van der Waals surface area (Å²) in [5.41, 5.74) is 3.98. The van der Waals surface area contributed by atoms with E-state index in [1.165, 1.54) is 4.31 Å². The summed E-state index contributed by atoms with van der Waals surface area (Å²) in [5.74, 6) is 0.0903. The quantitative estimate of drug-likeness (QED) is 0.809. The zero-order valence-electron chi connectivity index (χ0n) is 15.4. The monoisotopic (exact) mass is 372 g/mol. The first kappa shape index (κ1) is 18.6. The van der Waals surface area contributed by atoms with Crippen LogP contribution in [-0.4, -0.2) is 32.2 Å². The molecule has 0 aliphatic carbocycles. The highest BCUT2D eigenvalue weighted by atomic mass is 32.2. The van der Waals surface area contributed by atoms with Gasteiger partial charge in [-0.1, -0.05) is 23.8 Å². The van der Waals surface area contributed by atoms with Gasteiger partial charge in [0.05, 0.1) is 4.90 Å². The van der Waals surface area contributed by atoms with Gasteiger partial charge in [0.15, 0.2) is 0 Å². The smallest absolute Gasteiger partial charge is 0.243 e. The third kappa shape index (κ3) is 3.66. The van der Waals surface area contributed by atoms with Crippen LogP contribution in [0.4, 0.5) is 5.69 Å². The van der Waals surface area contributed by atoms with Gasteiger partial charge >= 0.3 is 0 Å². The first-order valence-electron chi connectivity index (χ1n) is 8.72. The second-order valence-electron chi connectivity index (χ2n) is 6.83. The lowest BCUT2D eigenvalue weighted by Crippen LogP contribution is -2.27. The molecular weight excluding hydrogens is 348 g/mol. The first-order chi connectivity index (χ1) is 12.3. The van der Waals surface area contributed by atoms with Crippen LogP contribution in [0.1, 0.15) is 29.5 Å². The number of aryl methyl sites for hydroxylation is 2. The van der Waals surface area contributed by atoms with Gasteiger partial charge in [-0.3, -0.25) is 4.79 Å². The van der Waals surface area contributed by atoms with E-state index >= 15 is 0 Å². The molecule has 1 aliphatic rings. The number of anilines is 1. The molecule has 0 radical (unpaired) electrons. The van der Waals surface area contributed by atoms with Crippen molar-refractivity contribution in [2.45, 2.75) is 38.1 Å². The fourth-order valence-electron chi connectivity index (χ4n) is 3.25. The molecule has 0 bridgehead atoms. The molecule has 0 N–H and O–H groups in total. The van der Waals surface area contributed by atoms with E-state index in [-0.39, 0.29) is 10.8 Å². The van der Waals surface area contributed by atoms with Crippen LogP contribution in [0.3, 0.4) is 0 Å². The normalized spacial score (nSPS) is 15.1. The zero-order valence-corrected chi connectivity index (χ0v) is 16.2. The van der Waals surface area contributed by atoms with Gasteiger partial charge in [-0.25, -0.2) is 8.42 Å². The molecule has 0 atom stereocenters. The number of sulfonamides is 1. The second kappa shape index (κ2) is 7.21. The molecule has 2 aromatic carbocycles. The highest BCUT2D eigenvalue weighted by Gasteiger charge is 2.24. The zero-order chi connectivity index (χ0) is 18.9. The summed E-state index contributed by atoms with van der Waals surface area (Å²) in [4.78, 5) is 13.8. The lowest BCUT2D eigenvalue weighted by molar-refractivity contribution is -0.117. The van der Waals surface area contributed by atoms with E-state index in [4.69, 9.17) is 0 Å². The van der Waals surface area contributed by atoms with Crippen molar-refractivity contribution in [1.82, 2.24) is 4.31 Å². The van der Waals surface area contributed by atoms with Crippen molar-refractivity contribution in [3.05, 3.63) is 59.2 Å². The van der Waals surface area contributed by atoms with Gasteiger partial charge in [0.1, 0.15) is 0 Å². The van der Waals surface area contributed by atoms with E-state index in [1.807, 2.05) is 26.0 Å². The predicted octanol–water partition coefficient (Wildman–Crippen LogP) is 3.25. The lowest BCUT2D eigenvalue weighted by Gasteiger charge is -2.20. The van der Waals surface area contributed by atoms with Crippen LogP contribution < -0.4 is 4.90 Å². The predicted molar refractivity (Wildman–Crippen MR) is 103 cm³/mol. The molecule has 1 fully saturated rings. The highest BCUT2D eigenvalue weighted by molar-refractivity contribution is 7.89. The summed E-state index contributed by atoms with van der Waals surface area (Å²) in [6.45, 7) is 5.02. The fourth-order valence-corrected chi connectivity index (χ4v) is 4.40. The van der Waals surface area contributed by atoms with E-state index in [9.17, 15) is 13.2 Å². The van der Waals surface area contributed by atoms with Gasteiger partial charge in [0, 0.05) is 32.2 Å². The minimum atomic E-state index is -3.59. The van der Waals surface area contributed by atoms with E-state index in [2.05, 4.69) is 6.07 Å². The summed E-state index contributed by atoms with van der Waals surface area (Å²) < 4.78 is 27.1. The van der Waals surface area contributed by atoms with E-state index in [1.54, 1.807) is 36.2 Å². The van der Waals surface area contributed by atoms with Crippen LogP contribution in [0.25, 0.3) is 0 Å². The Morgan fingerprint density at radius 2 is 1.77 bits per heavy atom. The van der Waals surface area contributed by atoms with Crippen LogP contribution in [-0.2, 0) is 21.4 Å². The van der Waals surface area contributed by atoms with Crippen molar-refractivity contribution in [2.75, 3.05) is 18.5 Å². The van der Waals surface area contributed by atoms with Crippen LogP contribution in [0.5, 0.6) is 0 Å². The molecule has 1 heterocycles. The summed E-state index contributed by atoms with van der Waals surface area (Å²) in [5, 5.41) is 0. The second-order valence-corrected chi connectivity index (χ2v) is 8.88. The Hall–Kier alpha value is -2.18. The van der Waals surface area contributed by atoms with Gasteiger partial charge < -0.3 is 4.90 Å². The molecule has 1 aliphatic heterocycles. The van der Waals surface area contributed by atoms with Crippen molar-refractivity contribution >= 4 is 21.6 Å². The summed E-state index contributed by atoms with van der Waals surface area (Å²) in [7, 11) is -2.00. The minimum absolute atomic E-state index is 0.0903. The van der Waals surface area contributed by atoms with Crippen LogP contribution in [0, 0.1) is 13.8 Å². The number of amides is 1. The summed E-state index contributed by atoms with van der Waals surface area (Å²) >= 11 is 0. The Bertz CT molecular complexity index is 921. The number of benzene rings is 2. The molecule has 3 rings (SSSR count). The van der Waals surface area contributed by atoms with Gasteiger partial charge in [-0.2, -0.15) is 4.31 Å². The standard InChI is InChI=1S/C20H24N2O3S/c1-15-6-7-17(16(2)13-15)14-21(3)26(24,25)19-10-8-18(9-11-19)22-12-4-5-20(22)23/h6-11,13H,4-5,12,14H2,1-3H3. The maximum absolute atomic E-state index is 12.9. The molecule has 0 saturated carbocycles. The van der Waals surface area contributed by atoms with E-state index in [0.29, 0.717) is 19.5 Å². The number of rotatable bonds is 5. The van der Waals surface area contributed by atoms with Crippen LogP contribution in [0.2, 0.25) is 0 Å². The van der Waals surface area contributed by atoms with Gasteiger partial charge in [0.2, 0.25) is 15.9 Å². The van der Waals surface area contributed by atoms with Crippen molar-refractivity contribution in [3.63, 3.8) is 0 Å². The molecule has 5 nitrogen and oxygen atoms in total. The van der Waals surface area contributed by atoms with Crippen LogP contribution in [0.15, 0.2) is 47.4 Å². The topological polar surface area (TPSA) is 57.7 Å². The molecule has 2 aromatic rings. The third-order valence-electron chi connectivity index (χ3n) is 4.82. The molecule has 6 heteroatoms. The number of nitrogens with zero attached hydrogens (tertiary/aromatic N) is 2. The number of hydrogen-bond acceptors (Lipinski definition) is 3. The summed E-state index contributed by atoms with van der Waals surface area (Å²) in [6.07, 6.45) is 1.40. The van der Waals surface area contributed by atoms with Crippen molar-refractivity contribution in [1.29, 1.82) is 0 Å². The van der Waals surface area contributed by atoms with Gasteiger partial charge in [0.25, 0.3) is 0 Å². The minimum Gasteiger partial charge on any atom is -0.312 e. The Balaban J connectivity index is 1.79. The SMILES string of the molecule is Cc1ccc(CN(C)S(=O)(=O)c2ccc(N3CCCC3=O)cc2)c(C)c1. The number of carbonyl (C=O) groups excluding carboxylic acids is 1. The molecule has 0 aromatic heterocycles. The largest absolute Gasteiger partial charge is 0.312 e. The molecule has 0 unspecified atom stereocenters. The highest BCUT2D eigenvalue weighted by Crippen LogP contribution is 2.25. The molecule has 1 saturated heterocycles. The third-order valence-corrected chi connectivity index (χ3v) is 6.64. The van der Waals surface area contributed by atoms with Crippen molar-refractivity contribution in [3.8, 4) is 0 Å². The maximum atomic E-state index is 12.9. The number of hydrogen-bond donors (Lipinski definition) is 0. The molecule has 1 amide bonds. The average molecular weight is 372 g/mol. The van der Waals surface area contributed by atoms with Crippen LogP contribution >= 0.6 is 0 Å². The Kier molecular flexibility index (Phi) is 5.16. The number of carbonyl (C=O) groups is 1. The van der Waals surface area contributed by atoms with Gasteiger partial charge in [-0.15, -0.1) is 0 Å². The Morgan fingerprint density at radius 1 is 1.08 bits per heavy atom. The molecule has 26 heavy (non-hydrogen) atoms. The maximum Gasteiger partial charge on any atom is 0.243 e. The molecular formula is C20H24N2O3S. The Morgan fingerprint density at radius 3 is 2.35 bits per heavy atom.